The maximum absolute atomic E-state index is 13.1. The first-order valence-corrected chi connectivity index (χ1v) is 8.96. The molecule has 2 aromatic heterocycles. The van der Waals surface area contributed by atoms with E-state index in [9.17, 15) is 9.18 Å². The van der Waals surface area contributed by atoms with Crippen molar-refractivity contribution >= 4 is 23.4 Å². The largest absolute Gasteiger partial charge is 0.325 e. The van der Waals surface area contributed by atoms with Gasteiger partial charge >= 0.3 is 0 Å². The van der Waals surface area contributed by atoms with Gasteiger partial charge in [0.25, 0.3) is 0 Å². The Bertz CT molecular complexity index is 934. The van der Waals surface area contributed by atoms with Crippen LogP contribution in [0.2, 0.25) is 0 Å². The highest BCUT2D eigenvalue weighted by Gasteiger charge is 2.10. The number of pyridine rings is 1. The predicted octanol–water partition coefficient (Wildman–Crippen LogP) is 4.03. The summed E-state index contributed by atoms with van der Waals surface area (Å²) >= 11 is 1.31. The number of amides is 1. The van der Waals surface area contributed by atoms with Gasteiger partial charge in [-0.3, -0.25) is 9.78 Å². The summed E-state index contributed by atoms with van der Waals surface area (Å²) in [6.45, 7) is 3.55. The minimum absolute atomic E-state index is 0.180. The van der Waals surface area contributed by atoms with Crippen LogP contribution >= 0.6 is 11.8 Å². The van der Waals surface area contributed by atoms with Crippen LogP contribution in [0.5, 0.6) is 0 Å². The Labute approximate surface area is 155 Å². The fourth-order valence-corrected chi connectivity index (χ4v) is 3.10. The van der Waals surface area contributed by atoms with Crippen molar-refractivity contribution in [2.45, 2.75) is 18.9 Å². The van der Waals surface area contributed by atoms with Crippen LogP contribution in [-0.4, -0.2) is 26.6 Å². The van der Waals surface area contributed by atoms with E-state index in [0.717, 1.165) is 11.4 Å². The average Bonchev–Trinajstić information content (AvgIpc) is 2.63. The summed E-state index contributed by atoms with van der Waals surface area (Å²) in [6.07, 6.45) is 1.71. The first-order chi connectivity index (χ1) is 12.5. The van der Waals surface area contributed by atoms with Gasteiger partial charge in [-0.15, -0.1) is 0 Å². The first kappa shape index (κ1) is 18.0. The zero-order chi connectivity index (χ0) is 18.5. The number of benzene rings is 1. The number of halogens is 1. The number of hydrogen-bond donors (Lipinski definition) is 1. The molecule has 7 heteroatoms. The van der Waals surface area contributed by atoms with Gasteiger partial charge in [0.2, 0.25) is 5.91 Å². The number of nitrogens with zero attached hydrogens (tertiary/aromatic N) is 3. The molecule has 0 atom stereocenters. The molecule has 132 valence electrons. The molecule has 0 aliphatic heterocycles. The number of hydrogen-bond acceptors (Lipinski definition) is 5. The molecular formula is C19H17FN4OS. The Kier molecular flexibility index (Phi) is 5.58. The molecule has 2 heterocycles. The highest BCUT2D eigenvalue weighted by atomic mass is 32.2. The molecule has 0 spiro atoms. The molecule has 0 unspecified atom stereocenters. The average molecular weight is 368 g/mol. The highest BCUT2D eigenvalue weighted by molar-refractivity contribution is 7.99. The van der Waals surface area contributed by atoms with Gasteiger partial charge in [0, 0.05) is 11.9 Å². The van der Waals surface area contributed by atoms with Crippen LogP contribution in [0.4, 0.5) is 10.1 Å². The number of anilines is 1. The molecule has 1 amide bonds. The number of rotatable bonds is 5. The summed E-state index contributed by atoms with van der Waals surface area (Å²) in [4.78, 5) is 25.2. The van der Waals surface area contributed by atoms with E-state index in [0.29, 0.717) is 22.1 Å². The Morgan fingerprint density at radius 1 is 1.12 bits per heavy atom. The SMILES string of the molecule is Cc1nc(SCC(=O)Nc2ccc(F)cc2C)cc(-c2ccccn2)n1. The van der Waals surface area contributed by atoms with Gasteiger partial charge in [-0.05, 0) is 55.8 Å². The van der Waals surface area contributed by atoms with Crippen molar-refractivity contribution in [1.82, 2.24) is 15.0 Å². The van der Waals surface area contributed by atoms with Gasteiger partial charge in [0.05, 0.1) is 17.1 Å². The van der Waals surface area contributed by atoms with E-state index in [2.05, 4.69) is 20.3 Å². The zero-order valence-electron chi connectivity index (χ0n) is 14.4. The molecule has 3 rings (SSSR count). The number of carbonyl (C=O) groups is 1. The van der Waals surface area contributed by atoms with E-state index >= 15 is 0 Å². The van der Waals surface area contributed by atoms with Crippen LogP contribution < -0.4 is 5.32 Å². The Balaban J connectivity index is 1.67. The Morgan fingerprint density at radius 3 is 2.69 bits per heavy atom. The third kappa shape index (κ3) is 4.64. The quantitative estimate of drug-likeness (QED) is 0.544. The van der Waals surface area contributed by atoms with Gasteiger partial charge < -0.3 is 5.32 Å². The number of aryl methyl sites for hydroxylation is 2. The Morgan fingerprint density at radius 2 is 1.96 bits per heavy atom. The van der Waals surface area contributed by atoms with E-state index in [1.807, 2.05) is 24.3 Å². The second-order valence-electron chi connectivity index (χ2n) is 5.65. The van der Waals surface area contributed by atoms with Crippen LogP contribution in [0.3, 0.4) is 0 Å². The summed E-state index contributed by atoms with van der Waals surface area (Å²) in [5.41, 5.74) is 2.75. The number of thioether (sulfide) groups is 1. The molecule has 3 aromatic rings. The second kappa shape index (κ2) is 8.05. The maximum atomic E-state index is 13.1. The van der Waals surface area contributed by atoms with Crippen molar-refractivity contribution in [1.29, 1.82) is 0 Å². The van der Waals surface area contributed by atoms with Gasteiger partial charge in [0.15, 0.2) is 0 Å². The fourth-order valence-electron chi connectivity index (χ4n) is 2.35. The summed E-state index contributed by atoms with van der Waals surface area (Å²) in [6, 6.07) is 11.7. The van der Waals surface area contributed by atoms with Gasteiger partial charge in [-0.1, -0.05) is 17.8 Å². The predicted molar refractivity (Wildman–Crippen MR) is 100 cm³/mol. The van der Waals surface area contributed by atoms with E-state index in [1.54, 1.807) is 26.1 Å². The molecule has 0 bridgehead atoms. The normalized spacial score (nSPS) is 10.6. The third-order valence-corrected chi connectivity index (χ3v) is 4.47. The molecule has 0 radical (unpaired) electrons. The molecular weight excluding hydrogens is 351 g/mol. The number of aromatic nitrogens is 3. The monoisotopic (exact) mass is 368 g/mol. The van der Waals surface area contributed by atoms with Gasteiger partial charge in [-0.25, -0.2) is 14.4 Å². The third-order valence-electron chi connectivity index (χ3n) is 3.56. The second-order valence-corrected chi connectivity index (χ2v) is 6.65. The number of nitrogens with one attached hydrogen (secondary N) is 1. The van der Waals surface area contributed by atoms with Crippen LogP contribution in [-0.2, 0) is 4.79 Å². The number of carbonyl (C=O) groups excluding carboxylic acids is 1. The first-order valence-electron chi connectivity index (χ1n) is 7.97. The topological polar surface area (TPSA) is 67.8 Å². The molecule has 5 nitrogen and oxygen atoms in total. The molecule has 0 fully saturated rings. The van der Waals surface area contributed by atoms with Crippen molar-refractivity contribution in [2.24, 2.45) is 0 Å². The molecule has 0 aliphatic rings. The van der Waals surface area contributed by atoms with E-state index in [1.165, 1.54) is 23.9 Å². The maximum Gasteiger partial charge on any atom is 0.234 e. The van der Waals surface area contributed by atoms with E-state index in [-0.39, 0.29) is 17.5 Å². The standard InChI is InChI=1S/C19H17FN4OS/c1-12-9-14(20)6-7-15(12)24-18(25)11-26-19-10-17(22-13(2)23-19)16-5-3-4-8-21-16/h3-10H,11H2,1-2H3,(H,24,25). The van der Waals surface area contributed by atoms with Crippen molar-refractivity contribution in [3.8, 4) is 11.4 Å². The highest BCUT2D eigenvalue weighted by Crippen LogP contribution is 2.22. The summed E-state index contributed by atoms with van der Waals surface area (Å²) < 4.78 is 13.1. The molecule has 0 aliphatic carbocycles. The summed E-state index contributed by atoms with van der Waals surface area (Å²) in [5, 5.41) is 3.48. The van der Waals surface area contributed by atoms with Crippen LogP contribution in [0.25, 0.3) is 11.4 Å². The molecule has 0 saturated carbocycles. The molecule has 26 heavy (non-hydrogen) atoms. The van der Waals surface area contributed by atoms with E-state index in [4.69, 9.17) is 0 Å². The molecule has 0 saturated heterocycles. The van der Waals surface area contributed by atoms with Crippen LogP contribution in [0, 0.1) is 19.7 Å². The van der Waals surface area contributed by atoms with Crippen molar-refractivity contribution in [3.05, 3.63) is 65.9 Å². The molecule has 1 aromatic carbocycles. The van der Waals surface area contributed by atoms with Gasteiger partial charge in [0.1, 0.15) is 16.7 Å². The lowest BCUT2D eigenvalue weighted by Gasteiger charge is -2.09. The fraction of sp³-hybridized carbons (Fsp3) is 0.158. The molecule has 1 N–H and O–H groups in total. The lowest BCUT2D eigenvalue weighted by Crippen LogP contribution is -2.15. The van der Waals surface area contributed by atoms with Gasteiger partial charge in [-0.2, -0.15) is 0 Å². The van der Waals surface area contributed by atoms with Crippen LogP contribution in [0.1, 0.15) is 11.4 Å². The minimum atomic E-state index is -0.326. The summed E-state index contributed by atoms with van der Waals surface area (Å²) in [7, 11) is 0. The van der Waals surface area contributed by atoms with Crippen molar-refractivity contribution in [3.63, 3.8) is 0 Å². The van der Waals surface area contributed by atoms with Crippen molar-refractivity contribution in [2.75, 3.05) is 11.1 Å². The zero-order valence-corrected chi connectivity index (χ0v) is 15.2. The van der Waals surface area contributed by atoms with Crippen LogP contribution in [0.15, 0.2) is 53.7 Å². The lowest BCUT2D eigenvalue weighted by molar-refractivity contribution is -0.113. The lowest BCUT2D eigenvalue weighted by atomic mass is 10.2. The van der Waals surface area contributed by atoms with Crippen molar-refractivity contribution < 1.29 is 9.18 Å². The minimum Gasteiger partial charge on any atom is -0.325 e. The smallest absolute Gasteiger partial charge is 0.234 e. The summed E-state index contributed by atoms with van der Waals surface area (Å²) in [5.74, 6) is 0.300. The Hall–Kier alpha value is -2.80. The van der Waals surface area contributed by atoms with E-state index < -0.39 is 0 Å².